The minimum absolute atomic E-state index is 0.0324. The van der Waals surface area contributed by atoms with Gasteiger partial charge in [0.05, 0.1) is 24.8 Å². The zero-order chi connectivity index (χ0) is 18.1. The number of benzene rings is 1. The number of anilines is 1. The van der Waals surface area contributed by atoms with Gasteiger partial charge in [0.1, 0.15) is 11.6 Å². The Hall–Kier alpha value is -2.55. The maximum Gasteiger partial charge on any atom is 0.334 e. The summed E-state index contributed by atoms with van der Waals surface area (Å²) in [6, 6.07) is 2.88. The second kappa shape index (κ2) is 6.75. The maximum atomic E-state index is 13.9. The summed E-state index contributed by atoms with van der Waals surface area (Å²) in [7, 11) is 0. The number of rotatable bonds is 3. The van der Waals surface area contributed by atoms with Crippen LogP contribution in [-0.4, -0.2) is 60.1 Å². The lowest BCUT2D eigenvalue weighted by molar-refractivity contribution is -0.160. The van der Waals surface area contributed by atoms with Gasteiger partial charge in [-0.15, -0.1) is 0 Å². The van der Waals surface area contributed by atoms with Crippen LogP contribution >= 0.6 is 0 Å². The van der Waals surface area contributed by atoms with Crippen LogP contribution in [0.25, 0.3) is 0 Å². The van der Waals surface area contributed by atoms with E-state index < -0.39 is 35.5 Å². The molecule has 0 saturated carbocycles. The Bertz CT molecular complexity index is 726. The van der Waals surface area contributed by atoms with Crippen LogP contribution in [0, 0.1) is 17.6 Å². The molecule has 0 spiro atoms. The smallest absolute Gasteiger partial charge is 0.334 e. The Morgan fingerprint density at radius 2 is 2.00 bits per heavy atom. The van der Waals surface area contributed by atoms with Crippen LogP contribution < -0.4 is 4.90 Å². The van der Waals surface area contributed by atoms with E-state index in [0.29, 0.717) is 6.07 Å². The Morgan fingerprint density at radius 1 is 1.24 bits per heavy atom. The highest BCUT2D eigenvalue weighted by molar-refractivity contribution is 6.00. The minimum atomic E-state index is -1.16. The molecule has 2 saturated heterocycles. The van der Waals surface area contributed by atoms with Crippen LogP contribution in [0.4, 0.5) is 14.5 Å². The summed E-state index contributed by atoms with van der Waals surface area (Å²) in [6.07, 6.45) is -1.20. The normalized spacial score (nSPS) is 23.8. The topological polar surface area (TPSA) is 87.2 Å². The fourth-order valence-corrected chi connectivity index (χ4v) is 3.06. The molecule has 0 aromatic heterocycles. The molecular weight excluding hydrogens is 338 g/mol. The summed E-state index contributed by atoms with van der Waals surface area (Å²) in [4.78, 5) is 38.2. The summed E-state index contributed by atoms with van der Waals surface area (Å²) in [5.74, 6) is -4.30. The number of nitrogens with zero attached hydrogens (tertiary/aromatic N) is 2. The number of hydrogen-bond donors (Lipinski definition) is 1. The summed E-state index contributed by atoms with van der Waals surface area (Å²) in [5, 5.41) is 8.99. The van der Waals surface area contributed by atoms with Crippen molar-refractivity contribution in [2.24, 2.45) is 5.92 Å². The van der Waals surface area contributed by atoms with Gasteiger partial charge in [0, 0.05) is 25.6 Å². The highest BCUT2D eigenvalue weighted by Crippen LogP contribution is 2.29. The number of halogens is 2. The number of carboxylic acids is 1. The fourth-order valence-electron chi connectivity index (χ4n) is 3.06. The molecule has 1 N–H and O–H groups in total. The number of carbonyl (C=O) groups excluding carboxylic acids is 2. The summed E-state index contributed by atoms with van der Waals surface area (Å²) < 4.78 is 32.0. The van der Waals surface area contributed by atoms with Crippen molar-refractivity contribution >= 4 is 23.5 Å². The molecule has 2 amide bonds. The van der Waals surface area contributed by atoms with Crippen molar-refractivity contribution in [1.82, 2.24) is 4.90 Å². The number of hydrogen-bond acceptors (Lipinski definition) is 4. The molecule has 9 heteroatoms. The van der Waals surface area contributed by atoms with Gasteiger partial charge >= 0.3 is 5.97 Å². The number of morpholine rings is 1. The molecule has 0 bridgehead atoms. The molecule has 0 radical (unpaired) electrons. The first-order valence-electron chi connectivity index (χ1n) is 7.75. The predicted octanol–water partition coefficient (Wildman–Crippen LogP) is 0.630. The number of carbonyl (C=O) groups is 3. The Balaban J connectivity index is 1.71. The van der Waals surface area contributed by atoms with Crippen molar-refractivity contribution < 1.29 is 33.0 Å². The van der Waals surface area contributed by atoms with E-state index in [1.165, 1.54) is 4.90 Å². The molecule has 2 aliphatic heterocycles. The van der Waals surface area contributed by atoms with Crippen molar-refractivity contribution in [2.75, 3.05) is 31.1 Å². The van der Waals surface area contributed by atoms with Gasteiger partial charge in [-0.1, -0.05) is 0 Å². The van der Waals surface area contributed by atoms with Crippen molar-refractivity contribution in [3.05, 3.63) is 29.8 Å². The third kappa shape index (κ3) is 3.46. The second-order valence-corrected chi connectivity index (χ2v) is 5.98. The Kier molecular flexibility index (Phi) is 4.67. The highest BCUT2D eigenvalue weighted by Gasteiger charge is 2.40. The van der Waals surface area contributed by atoms with Gasteiger partial charge in [0.15, 0.2) is 6.10 Å². The van der Waals surface area contributed by atoms with Crippen LogP contribution in [-0.2, 0) is 19.1 Å². The number of carboxylic acid groups (broad SMARTS) is 1. The number of aliphatic carboxylic acids is 1. The average molecular weight is 354 g/mol. The van der Waals surface area contributed by atoms with E-state index in [9.17, 15) is 23.2 Å². The first-order chi connectivity index (χ1) is 11.9. The second-order valence-electron chi connectivity index (χ2n) is 5.98. The molecule has 1 aromatic rings. The SMILES string of the molecule is O=C(O)C1CN(C(=O)C2CC(=O)N(c3ccc(F)cc3F)C2)CCO1. The van der Waals surface area contributed by atoms with Gasteiger partial charge in [-0.25, -0.2) is 13.6 Å². The first-order valence-corrected chi connectivity index (χ1v) is 7.75. The molecule has 134 valence electrons. The van der Waals surface area contributed by atoms with E-state index >= 15 is 0 Å². The molecule has 2 unspecified atom stereocenters. The minimum Gasteiger partial charge on any atom is -0.479 e. The predicted molar refractivity (Wildman–Crippen MR) is 80.8 cm³/mol. The molecule has 2 aliphatic rings. The van der Waals surface area contributed by atoms with Crippen LogP contribution in [0.2, 0.25) is 0 Å². The summed E-state index contributed by atoms with van der Waals surface area (Å²) in [6.45, 7) is 0.205. The van der Waals surface area contributed by atoms with E-state index in [2.05, 4.69) is 0 Å². The third-order valence-corrected chi connectivity index (χ3v) is 4.33. The van der Waals surface area contributed by atoms with Crippen LogP contribution in [0.5, 0.6) is 0 Å². The number of ether oxygens (including phenoxy) is 1. The molecule has 25 heavy (non-hydrogen) atoms. The third-order valence-electron chi connectivity index (χ3n) is 4.33. The Morgan fingerprint density at radius 3 is 2.68 bits per heavy atom. The van der Waals surface area contributed by atoms with Crippen molar-refractivity contribution in [1.29, 1.82) is 0 Å². The molecule has 3 rings (SSSR count). The quantitative estimate of drug-likeness (QED) is 0.860. The molecule has 2 atom stereocenters. The van der Waals surface area contributed by atoms with Gasteiger partial charge in [0.2, 0.25) is 11.8 Å². The summed E-state index contributed by atoms with van der Waals surface area (Å²) in [5.41, 5.74) is -0.0768. The van der Waals surface area contributed by atoms with Gasteiger partial charge < -0.3 is 19.6 Å². The van der Waals surface area contributed by atoms with Crippen LogP contribution in [0.15, 0.2) is 18.2 Å². The van der Waals surface area contributed by atoms with Crippen molar-refractivity contribution in [3.8, 4) is 0 Å². The largest absolute Gasteiger partial charge is 0.479 e. The van der Waals surface area contributed by atoms with E-state index in [1.807, 2.05) is 0 Å². The van der Waals surface area contributed by atoms with Gasteiger partial charge in [0.25, 0.3) is 0 Å². The van der Waals surface area contributed by atoms with Gasteiger partial charge in [-0.3, -0.25) is 9.59 Å². The lowest BCUT2D eigenvalue weighted by Crippen LogP contribution is -2.50. The standard InChI is InChI=1S/C16H16F2N2O5/c17-10-1-2-12(11(18)6-10)20-7-9(5-14(20)21)15(22)19-3-4-25-13(8-19)16(23)24/h1-2,6,9,13H,3-5,7-8H2,(H,23,24). The maximum absolute atomic E-state index is 13.9. The average Bonchev–Trinajstić information content (AvgIpc) is 2.96. The molecule has 2 fully saturated rings. The zero-order valence-corrected chi connectivity index (χ0v) is 13.2. The van der Waals surface area contributed by atoms with Gasteiger partial charge in [-0.2, -0.15) is 0 Å². The fraction of sp³-hybridized carbons (Fsp3) is 0.438. The van der Waals surface area contributed by atoms with E-state index in [4.69, 9.17) is 9.84 Å². The zero-order valence-electron chi connectivity index (χ0n) is 13.2. The lowest BCUT2D eigenvalue weighted by atomic mass is 10.1. The molecular formula is C16H16F2N2O5. The Labute approximate surface area is 141 Å². The molecule has 1 aromatic carbocycles. The monoisotopic (exact) mass is 354 g/mol. The van der Waals surface area contributed by atoms with Crippen molar-refractivity contribution in [3.63, 3.8) is 0 Å². The van der Waals surface area contributed by atoms with E-state index in [0.717, 1.165) is 17.0 Å². The van der Waals surface area contributed by atoms with Crippen molar-refractivity contribution in [2.45, 2.75) is 12.5 Å². The highest BCUT2D eigenvalue weighted by atomic mass is 19.1. The number of amides is 2. The van der Waals surface area contributed by atoms with E-state index in [1.54, 1.807) is 0 Å². The van der Waals surface area contributed by atoms with E-state index in [-0.39, 0.29) is 44.3 Å². The lowest BCUT2D eigenvalue weighted by Gasteiger charge is -2.32. The molecule has 2 heterocycles. The summed E-state index contributed by atoms with van der Waals surface area (Å²) >= 11 is 0. The van der Waals surface area contributed by atoms with Crippen LogP contribution in [0.3, 0.4) is 0 Å². The van der Waals surface area contributed by atoms with Gasteiger partial charge in [-0.05, 0) is 12.1 Å². The first kappa shape index (κ1) is 17.3. The molecule has 0 aliphatic carbocycles. The molecule has 7 nitrogen and oxygen atoms in total. The van der Waals surface area contributed by atoms with Crippen LogP contribution in [0.1, 0.15) is 6.42 Å².